The van der Waals surface area contributed by atoms with Crippen molar-refractivity contribution < 1.29 is 28.8 Å². The minimum atomic E-state index is -0.963. The number of carbonyl (C=O) groups excluding carboxylic acids is 3. The number of rotatable bonds is 7. The molecule has 0 fully saturated rings. The Bertz CT molecular complexity index is 1100. The zero-order valence-corrected chi connectivity index (χ0v) is 21.3. The lowest BCUT2D eigenvalue weighted by Gasteiger charge is -2.32. The van der Waals surface area contributed by atoms with Gasteiger partial charge in [0.25, 0.3) is 11.6 Å². The Hall–Kier alpha value is -3.69. The summed E-state index contributed by atoms with van der Waals surface area (Å²) in [6.45, 7) is 12.1. The van der Waals surface area contributed by atoms with Gasteiger partial charge in [-0.05, 0) is 46.1 Å². The molecule has 0 saturated carbocycles. The number of nitrogens with one attached hydrogen (secondary N) is 2. The number of amides is 1. The number of ether oxygens (including phenoxy) is 2. The summed E-state index contributed by atoms with van der Waals surface area (Å²) in [7, 11) is 1.22. The van der Waals surface area contributed by atoms with E-state index < -0.39 is 40.3 Å². The third kappa shape index (κ3) is 6.46. The summed E-state index contributed by atoms with van der Waals surface area (Å²) in [5, 5.41) is 17.2. The number of hydrogen-bond acceptors (Lipinski definition) is 8. The first-order valence-electron chi connectivity index (χ1n) is 11.2. The third-order valence-corrected chi connectivity index (χ3v) is 5.44. The number of allylic oxidation sites excluding steroid dienone is 2. The molecule has 2 N–H and O–H groups in total. The van der Waals surface area contributed by atoms with E-state index in [0.717, 1.165) is 0 Å². The van der Waals surface area contributed by atoms with Crippen LogP contribution in [0.25, 0.3) is 0 Å². The van der Waals surface area contributed by atoms with E-state index in [1.54, 1.807) is 54.5 Å². The number of non-ortho nitro benzene ring substituents is 1. The molecule has 35 heavy (non-hydrogen) atoms. The van der Waals surface area contributed by atoms with E-state index in [4.69, 9.17) is 9.47 Å². The first-order valence-corrected chi connectivity index (χ1v) is 11.2. The Morgan fingerprint density at radius 3 is 2.23 bits per heavy atom. The van der Waals surface area contributed by atoms with Crippen LogP contribution in [-0.4, -0.2) is 41.5 Å². The molecule has 10 nitrogen and oxygen atoms in total. The summed E-state index contributed by atoms with van der Waals surface area (Å²) in [6.07, 6.45) is 0. The van der Waals surface area contributed by atoms with Crippen molar-refractivity contribution >= 4 is 23.5 Å². The number of carbonyl (C=O) groups is 3. The fraction of sp³-hybridized carbons (Fsp3) is 0.480. The molecule has 10 heteroatoms. The second-order valence-electron chi connectivity index (χ2n) is 9.71. The highest BCUT2D eigenvalue weighted by molar-refractivity contribution is 6.03. The molecule has 1 heterocycles. The van der Waals surface area contributed by atoms with Crippen LogP contribution in [0.15, 0.2) is 46.8 Å². The topological polar surface area (TPSA) is 137 Å². The average Bonchev–Trinajstić information content (AvgIpc) is 2.74. The van der Waals surface area contributed by atoms with Gasteiger partial charge in [0.05, 0.1) is 23.5 Å². The van der Waals surface area contributed by atoms with Gasteiger partial charge in [-0.25, -0.2) is 9.59 Å². The van der Waals surface area contributed by atoms with Crippen molar-refractivity contribution in [3.63, 3.8) is 0 Å². The Labute approximate surface area is 204 Å². The summed E-state index contributed by atoms with van der Waals surface area (Å²) in [5.41, 5.74) is 0.607. The number of nitro groups is 1. The van der Waals surface area contributed by atoms with Crippen LogP contribution in [0.1, 0.15) is 59.9 Å². The maximum atomic E-state index is 13.6. The van der Waals surface area contributed by atoms with E-state index in [1.165, 1.54) is 25.3 Å². The van der Waals surface area contributed by atoms with Crippen molar-refractivity contribution in [2.45, 2.75) is 66.0 Å². The van der Waals surface area contributed by atoms with Gasteiger partial charge in [-0.3, -0.25) is 14.9 Å². The van der Waals surface area contributed by atoms with E-state index >= 15 is 0 Å². The number of nitrogens with zero attached hydrogens (tertiary/aromatic N) is 1. The summed E-state index contributed by atoms with van der Waals surface area (Å²) in [5.74, 6) is -3.13. The van der Waals surface area contributed by atoms with Crippen molar-refractivity contribution in [2.75, 3.05) is 7.11 Å². The fourth-order valence-electron chi connectivity index (χ4n) is 3.91. The first kappa shape index (κ1) is 27.6. The Morgan fingerprint density at radius 2 is 1.71 bits per heavy atom. The maximum Gasteiger partial charge on any atom is 0.336 e. The van der Waals surface area contributed by atoms with Crippen LogP contribution in [0, 0.1) is 16.0 Å². The molecule has 0 aromatic heterocycles. The molecule has 0 saturated heterocycles. The quantitative estimate of drug-likeness (QED) is 0.339. The van der Waals surface area contributed by atoms with E-state index in [1.807, 2.05) is 0 Å². The van der Waals surface area contributed by atoms with Crippen molar-refractivity contribution in [1.82, 2.24) is 10.6 Å². The molecule has 1 amide bonds. The SMILES string of the molecule is COC(=O)C1=C(C)NC(C)=C(C(=O)N[C@@H](C(=O)OC(C)(C)C)C(C)C)[C@H]1c1cccc([N+](=O)[O-])c1. The normalized spacial score (nSPS) is 17.0. The second-order valence-corrected chi connectivity index (χ2v) is 9.71. The predicted octanol–water partition coefficient (Wildman–Crippen LogP) is 3.49. The molecule has 0 spiro atoms. The number of nitro benzene ring substituents is 1. The lowest BCUT2D eigenvalue weighted by atomic mass is 9.79. The van der Waals surface area contributed by atoms with Crippen molar-refractivity contribution in [2.24, 2.45) is 5.92 Å². The molecule has 1 aromatic rings. The zero-order chi connectivity index (χ0) is 26.7. The first-order chi connectivity index (χ1) is 16.2. The lowest BCUT2D eigenvalue weighted by Crippen LogP contribution is -2.49. The molecule has 1 aromatic carbocycles. The van der Waals surface area contributed by atoms with Gasteiger partial charge in [0.1, 0.15) is 11.6 Å². The van der Waals surface area contributed by atoms with Gasteiger partial charge >= 0.3 is 11.9 Å². The summed E-state index contributed by atoms with van der Waals surface area (Å²) >= 11 is 0. The standard InChI is InChI=1S/C25H33N3O7/c1-13(2)21(24(31)35-25(5,6)7)27-22(29)18-14(3)26-15(4)19(23(30)34-8)20(18)16-10-9-11-17(12-16)28(32)33/h9-13,20-21,26H,1-8H3,(H,27,29)/t20-,21-/m1/s1. The number of benzene rings is 1. The van der Waals surface area contributed by atoms with Crippen molar-refractivity contribution in [3.05, 3.63) is 62.5 Å². The second kappa shape index (κ2) is 10.7. The molecular weight excluding hydrogens is 454 g/mol. The van der Waals surface area contributed by atoms with Gasteiger partial charge < -0.3 is 20.1 Å². The van der Waals surface area contributed by atoms with Crippen LogP contribution in [0.2, 0.25) is 0 Å². The third-order valence-electron chi connectivity index (χ3n) is 5.44. The summed E-state index contributed by atoms with van der Waals surface area (Å²) < 4.78 is 10.4. The molecule has 2 atom stereocenters. The van der Waals surface area contributed by atoms with Gasteiger partial charge in [-0.1, -0.05) is 26.0 Å². The molecular formula is C25H33N3O7. The summed E-state index contributed by atoms with van der Waals surface area (Å²) in [4.78, 5) is 50.1. The molecule has 0 aliphatic carbocycles. The fourth-order valence-corrected chi connectivity index (χ4v) is 3.91. The highest BCUT2D eigenvalue weighted by Gasteiger charge is 2.39. The summed E-state index contributed by atoms with van der Waals surface area (Å²) in [6, 6.07) is 4.78. The molecule has 2 rings (SSSR count). The smallest absolute Gasteiger partial charge is 0.336 e. The zero-order valence-electron chi connectivity index (χ0n) is 21.3. The van der Waals surface area contributed by atoms with Gasteiger partial charge in [-0.15, -0.1) is 0 Å². The Kier molecular flexibility index (Phi) is 8.43. The molecule has 190 valence electrons. The molecule has 1 aliphatic rings. The number of hydrogen-bond donors (Lipinski definition) is 2. The van der Waals surface area contributed by atoms with Crippen LogP contribution in [0.4, 0.5) is 5.69 Å². The van der Waals surface area contributed by atoms with Gasteiger partial charge in [0.15, 0.2) is 0 Å². The van der Waals surface area contributed by atoms with Crippen molar-refractivity contribution in [1.29, 1.82) is 0 Å². The minimum Gasteiger partial charge on any atom is -0.466 e. The van der Waals surface area contributed by atoms with Gasteiger partial charge in [-0.2, -0.15) is 0 Å². The van der Waals surface area contributed by atoms with E-state index in [2.05, 4.69) is 10.6 Å². The van der Waals surface area contributed by atoms with Crippen LogP contribution in [0.3, 0.4) is 0 Å². The number of methoxy groups -OCH3 is 1. The monoisotopic (exact) mass is 487 g/mol. The highest BCUT2D eigenvalue weighted by Crippen LogP contribution is 2.39. The number of dihydropyridines is 1. The van der Waals surface area contributed by atoms with Gasteiger partial charge in [0.2, 0.25) is 0 Å². The van der Waals surface area contributed by atoms with E-state index in [-0.39, 0.29) is 22.8 Å². The Morgan fingerprint density at radius 1 is 1.11 bits per heavy atom. The van der Waals surface area contributed by atoms with E-state index in [0.29, 0.717) is 17.0 Å². The highest BCUT2D eigenvalue weighted by atomic mass is 16.6. The Balaban J connectivity index is 2.60. The number of esters is 2. The van der Waals surface area contributed by atoms with Gasteiger partial charge in [0, 0.05) is 29.1 Å². The maximum absolute atomic E-state index is 13.6. The molecule has 0 unspecified atom stereocenters. The van der Waals surface area contributed by atoms with Crippen molar-refractivity contribution in [3.8, 4) is 0 Å². The van der Waals surface area contributed by atoms with Crippen LogP contribution < -0.4 is 10.6 Å². The largest absolute Gasteiger partial charge is 0.466 e. The minimum absolute atomic E-state index is 0.141. The van der Waals surface area contributed by atoms with Crippen LogP contribution in [-0.2, 0) is 23.9 Å². The lowest BCUT2D eigenvalue weighted by molar-refractivity contribution is -0.384. The average molecular weight is 488 g/mol. The van der Waals surface area contributed by atoms with E-state index in [9.17, 15) is 24.5 Å². The molecule has 0 radical (unpaired) electrons. The predicted molar refractivity (Wildman–Crippen MR) is 129 cm³/mol. The van der Waals surface area contributed by atoms with Crippen LogP contribution >= 0.6 is 0 Å². The van der Waals surface area contributed by atoms with Crippen LogP contribution in [0.5, 0.6) is 0 Å². The molecule has 0 bridgehead atoms. The molecule has 1 aliphatic heterocycles.